The van der Waals surface area contributed by atoms with Crippen LogP contribution in [0.1, 0.15) is 18.9 Å². The van der Waals surface area contributed by atoms with Gasteiger partial charge < -0.3 is 14.8 Å². The lowest BCUT2D eigenvalue weighted by Gasteiger charge is -2.17. The minimum Gasteiger partial charge on any atom is -0.497 e. The van der Waals surface area contributed by atoms with Crippen molar-refractivity contribution in [3.63, 3.8) is 0 Å². The molecule has 0 fully saturated rings. The predicted octanol–water partition coefficient (Wildman–Crippen LogP) is 3.80. The summed E-state index contributed by atoms with van der Waals surface area (Å²) in [5.74, 6) is 1.23. The molecule has 4 nitrogen and oxygen atoms in total. The molecule has 0 unspecified atom stereocenters. The highest BCUT2D eigenvalue weighted by Gasteiger charge is 2.18. The summed E-state index contributed by atoms with van der Waals surface area (Å²) in [5, 5.41) is 2.86. The molecule has 0 spiro atoms. The molecule has 2 aromatic rings. The number of ether oxygens (including phenoxy) is 2. The number of methoxy groups -OCH3 is 1. The van der Waals surface area contributed by atoms with E-state index in [1.54, 1.807) is 13.2 Å². The average molecular weight is 299 g/mol. The Bertz CT molecular complexity index is 640. The number of aryl methyl sites for hydroxylation is 1. The van der Waals surface area contributed by atoms with Crippen LogP contribution in [0.5, 0.6) is 11.5 Å². The van der Waals surface area contributed by atoms with Crippen LogP contribution in [0.4, 0.5) is 5.69 Å². The van der Waals surface area contributed by atoms with E-state index in [9.17, 15) is 4.79 Å². The Morgan fingerprint density at radius 3 is 2.55 bits per heavy atom. The minimum absolute atomic E-state index is 0.169. The van der Waals surface area contributed by atoms with Gasteiger partial charge in [-0.2, -0.15) is 0 Å². The number of anilines is 1. The lowest BCUT2D eigenvalue weighted by Crippen LogP contribution is -2.32. The summed E-state index contributed by atoms with van der Waals surface area (Å²) in [6.45, 7) is 3.91. The zero-order chi connectivity index (χ0) is 15.9. The van der Waals surface area contributed by atoms with Gasteiger partial charge in [-0.1, -0.05) is 25.1 Å². The molecule has 1 amide bonds. The molecule has 116 valence electrons. The van der Waals surface area contributed by atoms with Crippen molar-refractivity contribution in [3.8, 4) is 11.5 Å². The zero-order valence-electron chi connectivity index (χ0n) is 13.1. The maximum atomic E-state index is 12.4. The Hall–Kier alpha value is -2.49. The molecule has 1 atom stereocenters. The average Bonchev–Trinajstić information content (AvgIpc) is 2.52. The van der Waals surface area contributed by atoms with Crippen LogP contribution in [-0.4, -0.2) is 19.1 Å². The van der Waals surface area contributed by atoms with Gasteiger partial charge in [0.15, 0.2) is 6.10 Å². The fraction of sp³-hybridized carbons (Fsp3) is 0.278. The van der Waals surface area contributed by atoms with Gasteiger partial charge in [-0.15, -0.1) is 0 Å². The number of hydrogen-bond donors (Lipinski definition) is 1. The minimum atomic E-state index is -0.534. The van der Waals surface area contributed by atoms with E-state index in [2.05, 4.69) is 5.32 Å². The molecule has 0 radical (unpaired) electrons. The summed E-state index contributed by atoms with van der Waals surface area (Å²) >= 11 is 0. The highest BCUT2D eigenvalue weighted by Crippen LogP contribution is 2.19. The van der Waals surface area contributed by atoms with Crippen LogP contribution in [0.3, 0.4) is 0 Å². The number of amides is 1. The van der Waals surface area contributed by atoms with Crippen molar-refractivity contribution in [2.24, 2.45) is 0 Å². The van der Waals surface area contributed by atoms with Crippen LogP contribution in [0, 0.1) is 6.92 Å². The molecule has 0 bridgehead atoms. The van der Waals surface area contributed by atoms with Gasteiger partial charge in [-0.3, -0.25) is 4.79 Å². The van der Waals surface area contributed by atoms with Crippen LogP contribution >= 0.6 is 0 Å². The molecule has 22 heavy (non-hydrogen) atoms. The molecule has 2 rings (SSSR count). The number of carbonyl (C=O) groups excluding carboxylic acids is 1. The highest BCUT2D eigenvalue weighted by atomic mass is 16.5. The van der Waals surface area contributed by atoms with Gasteiger partial charge >= 0.3 is 0 Å². The highest BCUT2D eigenvalue weighted by molar-refractivity contribution is 5.94. The molecular formula is C18H21NO3. The van der Waals surface area contributed by atoms with Gasteiger partial charge in [0.1, 0.15) is 11.5 Å². The molecule has 0 heterocycles. The molecule has 0 aliphatic rings. The second-order valence-electron chi connectivity index (χ2n) is 5.05. The number of benzene rings is 2. The Labute approximate surface area is 131 Å². The third kappa shape index (κ3) is 4.25. The van der Waals surface area contributed by atoms with E-state index in [0.717, 1.165) is 5.56 Å². The number of rotatable bonds is 6. The van der Waals surface area contributed by atoms with Crippen LogP contribution in [0.2, 0.25) is 0 Å². The summed E-state index contributed by atoms with van der Waals surface area (Å²) in [7, 11) is 1.59. The summed E-state index contributed by atoms with van der Waals surface area (Å²) in [6, 6.07) is 14.9. The Balaban J connectivity index is 2.05. The maximum Gasteiger partial charge on any atom is 0.265 e. The molecule has 2 aromatic carbocycles. The maximum absolute atomic E-state index is 12.4. The molecule has 0 saturated carbocycles. The van der Waals surface area contributed by atoms with E-state index in [1.807, 2.05) is 56.3 Å². The van der Waals surface area contributed by atoms with Gasteiger partial charge in [-0.25, -0.2) is 0 Å². The number of nitrogens with one attached hydrogen (secondary N) is 1. The fourth-order valence-corrected chi connectivity index (χ4v) is 2.10. The number of carbonyl (C=O) groups is 1. The molecule has 1 N–H and O–H groups in total. The zero-order valence-corrected chi connectivity index (χ0v) is 13.1. The molecule has 4 heteroatoms. The summed E-state index contributed by atoms with van der Waals surface area (Å²) in [6.07, 6.45) is 0.0528. The standard InChI is InChI=1S/C18H21NO3/c1-4-17(22-16-10-5-7-13(2)11-16)18(20)19-14-8-6-9-15(12-14)21-3/h5-12,17H,4H2,1-3H3,(H,19,20)/t17-/m1/s1. The first-order valence-corrected chi connectivity index (χ1v) is 7.30. The molecular weight excluding hydrogens is 278 g/mol. The molecule has 0 aromatic heterocycles. The third-order valence-electron chi connectivity index (χ3n) is 3.27. The third-order valence-corrected chi connectivity index (χ3v) is 3.27. The van der Waals surface area contributed by atoms with E-state index in [-0.39, 0.29) is 5.91 Å². The second kappa shape index (κ2) is 7.50. The van der Waals surface area contributed by atoms with Crippen molar-refractivity contribution < 1.29 is 14.3 Å². The first-order chi connectivity index (χ1) is 10.6. The Morgan fingerprint density at radius 1 is 1.14 bits per heavy atom. The monoisotopic (exact) mass is 299 g/mol. The van der Waals surface area contributed by atoms with Crippen molar-refractivity contribution in [2.45, 2.75) is 26.4 Å². The predicted molar refractivity (Wildman–Crippen MR) is 87.5 cm³/mol. The lowest BCUT2D eigenvalue weighted by atomic mass is 10.2. The lowest BCUT2D eigenvalue weighted by molar-refractivity contribution is -0.122. The van der Waals surface area contributed by atoms with Crippen molar-refractivity contribution in [1.29, 1.82) is 0 Å². The van der Waals surface area contributed by atoms with Gasteiger partial charge in [-0.05, 0) is 43.2 Å². The van der Waals surface area contributed by atoms with Gasteiger partial charge in [0.05, 0.1) is 7.11 Å². The van der Waals surface area contributed by atoms with Crippen LogP contribution in [-0.2, 0) is 4.79 Å². The van der Waals surface area contributed by atoms with Crippen LogP contribution < -0.4 is 14.8 Å². The quantitative estimate of drug-likeness (QED) is 0.882. The summed E-state index contributed by atoms with van der Waals surface area (Å²) < 4.78 is 10.9. The van der Waals surface area contributed by atoms with Crippen molar-refractivity contribution >= 4 is 11.6 Å². The van der Waals surface area contributed by atoms with Crippen molar-refractivity contribution in [3.05, 3.63) is 54.1 Å². The van der Waals surface area contributed by atoms with E-state index in [4.69, 9.17) is 9.47 Å². The topological polar surface area (TPSA) is 47.6 Å². The fourth-order valence-electron chi connectivity index (χ4n) is 2.10. The Morgan fingerprint density at radius 2 is 1.86 bits per heavy atom. The van der Waals surface area contributed by atoms with Gasteiger partial charge in [0.2, 0.25) is 0 Å². The van der Waals surface area contributed by atoms with Crippen LogP contribution in [0.25, 0.3) is 0 Å². The van der Waals surface area contributed by atoms with Gasteiger partial charge in [0, 0.05) is 11.8 Å². The smallest absolute Gasteiger partial charge is 0.265 e. The van der Waals surface area contributed by atoms with Gasteiger partial charge in [0.25, 0.3) is 5.91 Å². The van der Waals surface area contributed by atoms with E-state index in [0.29, 0.717) is 23.6 Å². The van der Waals surface area contributed by atoms with Crippen molar-refractivity contribution in [2.75, 3.05) is 12.4 Å². The second-order valence-corrected chi connectivity index (χ2v) is 5.05. The SMILES string of the molecule is CC[C@@H](Oc1cccc(C)c1)C(=O)Nc1cccc(OC)c1. The normalized spacial score (nSPS) is 11.6. The van der Waals surface area contributed by atoms with Crippen molar-refractivity contribution in [1.82, 2.24) is 0 Å². The molecule has 0 saturated heterocycles. The molecule has 0 aliphatic heterocycles. The van der Waals surface area contributed by atoms with E-state index in [1.165, 1.54) is 0 Å². The summed E-state index contributed by atoms with van der Waals surface area (Å²) in [5.41, 5.74) is 1.79. The summed E-state index contributed by atoms with van der Waals surface area (Å²) in [4.78, 5) is 12.4. The number of hydrogen-bond acceptors (Lipinski definition) is 3. The van der Waals surface area contributed by atoms with E-state index < -0.39 is 6.10 Å². The Kier molecular flexibility index (Phi) is 5.42. The first kappa shape index (κ1) is 15.9. The van der Waals surface area contributed by atoms with E-state index >= 15 is 0 Å². The largest absolute Gasteiger partial charge is 0.497 e. The van der Waals surface area contributed by atoms with Crippen LogP contribution in [0.15, 0.2) is 48.5 Å². The first-order valence-electron chi connectivity index (χ1n) is 7.30. The molecule has 0 aliphatic carbocycles.